The van der Waals surface area contributed by atoms with Crippen molar-refractivity contribution in [3.63, 3.8) is 0 Å². The van der Waals surface area contributed by atoms with Crippen LogP contribution in [0.5, 0.6) is 5.75 Å². The first kappa shape index (κ1) is 28.6. The molecule has 1 fully saturated rings. The number of carboxylic acid groups (broad SMARTS) is 1. The third-order valence-electron chi connectivity index (χ3n) is 5.43. The Hall–Kier alpha value is -3.60. The fourth-order valence-electron chi connectivity index (χ4n) is 3.39. The number of carbonyl (C=O) groups excluding carboxylic acids is 2. The second kappa shape index (κ2) is 13.5. The fraction of sp³-hybridized carbons (Fsp3) is 0.400. The standard InChI is InChI=1S/C23H29N3O3.C2HF3O2/c1-18-3-5-19(6-4-18)17-26(14-11-22(27)25-15-12-24-13-16-25)23(28)20-7-9-21(29-2)10-8-20;3-2(4,5)1(6)7/h3-10,24H,11-17H2,1-2H3;(H,6,7). The van der Waals surface area contributed by atoms with Crippen molar-refractivity contribution in [1.29, 1.82) is 0 Å². The lowest BCUT2D eigenvalue weighted by atomic mass is 10.1. The highest BCUT2D eigenvalue weighted by Gasteiger charge is 2.38. The molecule has 0 aromatic heterocycles. The minimum atomic E-state index is -5.08. The van der Waals surface area contributed by atoms with E-state index >= 15 is 0 Å². The quantitative estimate of drug-likeness (QED) is 0.595. The van der Waals surface area contributed by atoms with Gasteiger partial charge in [-0.25, -0.2) is 4.79 Å². The number of halogens is 3. The van der Waals surface area contributed by atoms with Crippen LogP contribution in [-0.2, 0) is 16.1 Å². The van der Waals surface area contributed by atoms with Crippen molar-refractivity contribution in [2.24, 2.45) is 0 Å². The molecule has 0 aliphatic carbocycles. The number of ether oxygens (including phenoxy) is 1. The first-order valence-corrected chi connectivity index (χ1v) is 11.3. The first-order valence-electron chi connectivity index (χ1n) is 11.3. The highest BCUT2D eigenvalue weighted by Crippen LogP contribution is 2.16. The second-order valence-corrected chi connectivity index (χ2v) is 8.12. The Morgan fingerprint density at radius 1 is 1.03 bits per heavy atom. The maximum Gasteiger partial charge on any atom is 0.490 e. The van der Waals surface area contributed by atoms with Gasteiger partial charge in [-0.15, -0.1) is 0 Å². The average molecular weight is 510 g/mol. The topological polar surface area (TPSA) is 99.2 Å². The zero-order valence-corrected chi connectivity index (χ0v) is 20.2. The highest BCUT2D eigenvalue weighted by molar-refractivity contribution is 5.94. The third kappa shape index (κ3) is 9.21. The van der Waals surface area contributed by atoms with Gasteiger partial charge in [0.05, 0.1) is 7.11 Å². The Labute approximate surface area is 207 Å². The molecule has 1 aliphatic heterocycles. The number of rotatable bonds is 7. The van der Waals surface area contributed by atoms with Crippen molar-refractivity contribution in [3.05, 3.63) is 65.2 Å². The van der Waals surface area contributed by atoms with Crippen molar-refractivity contribution in [1.82, 2.24) is 15.1 Å². The molecule has 0 spiro atoms. The van der Waals surface area contributed by atoms with Gasteiger partial charge in [0.2, 0.25) is 5.91 Å². The summed E-state index contributed by atoms with van der Waals surface area (Å²) in [5.74, 6) is -2.03. The molecule has 2 amide bonds. The zero-order chi connectivity index (χ0) is 26.7. The second-order valence-electron chi connectivity index (χ2n) is 8.12. The summed E-state index contributed by atoms with van der Waals surface area (Å²) in [6.45, 7) is 6.00. The molecule has 0 saturated carbocycles. The fourth-order valence-corrected chi connectivity index (χ4v) is 3.39. The van der Waals surface area contributed by atoms with Crippen LogP contribution in [0, 0.1) is 6.92 Å². The van der Waals surface area contributed by atoms with Gasteiger partial charge < -0.3 is 25.0 Å². The van der Waals surface area contributed by atoms with Gasteiger partial charge in [-0.2, -0.15) is 13.2 Å². The molecule has 196 valence electrons. The van der Waals surface area contributed by atoms with Gasteiger partial charge in [0.15, 0.2) is 0 Å². The summed E-state index contributed by atoms with van der Waals surface area (Å²) in [5, 5.41) is 10.4. The van der Waals surface area contributed by atoms with Crippen LogP contribution in [0.4, 0.5) is 13.2 Å². The number of methoxy groups -OCH3 is 1. The van der Waals surface area contributed by atoms with E-state index in [0.29, 0.717) is 30.8 Å². The molecular weight excluding hydrogens is 479 g/mol. The van der Waals surface area contributed by atoms with Gasteiger partial charge in [0.1, 0.15) is 5.75 Å². The molecule has 36 heavy (non-hydrogen) atoms. The van der Waals surface area contributed by atoms with E-state index in [-0.39, 0.29) is 11.8 Å². The van der Waals surface area contributed by atoms with E-state index < -0.39 is 12.1 Å². The lowest BCUT2D eigenvalue weighted by Crippen LogP contribution is -2.47. The van der Waals surface area contributed by atoms with Gasteiger partial charge in [0.25, 0.3) is 5.91 Å². The Bertz CT molecular complexity index is 1010. The van der Waals surface area contributed by atoms with Crippen LogP contribution < -0.4 is 10.1 Å². The van der Waals surface area contributed by atoms with Crippen LogP contribution in [0.15, 0.2) is 48.5 Å². The van der Waals surface area contributed by atoms with Gasteiger partial charge in [-0.3, -0.25) is 9.59 Å². The third-order valence-corrected chi connectivity index (χ3v) is 5.43. The molecule has 0 bridgehead atoms. The summed E-state index contributed by atoms with van der Waals surface area (Å²) in [4.78, 5) is 38.3. The molecule has 8 nitrogen and oxygen atoms in total. The Morgan fingerprint density at radius 2 is 1.58 bits per heavy atom. The van der Waals surface area contributed by atoms with E-state index in [1.165, 1.54) is 5.56 Å². The molecule has 0 radical (unpaired) electrons. The monoisotopic (exact) mass is 509 g/mol. The van der Waals surface area contributed by atoms with E-state index in [1.807, 2.05) is 36.1 Å². The minimum absolute atomic E-state index is 0.0821. The van der Waals surface area contributed by atoms with E-state index in [1.54, 1.807) is 36.3 Å². The molecule has 11 heteroatoms. The molecule has 2 aromatic rings. The number of carbonyl (C=O) groups is 3. The van der Waals surface area contributed by atoms with E-state index in [4.69, 9.17) is 14.6 Å². The molecule has 1 heterocycles. The van der Waals surface area contributed by atoms with Gasteiger partial charge in [-0.1, -0.05) is 29.8 Å². The van der Waals surface area contributed by atoms with Crippen molar-refractivity contribution in [2.45, 2.75) is 26.1 Å². The molecule has 0 atom stereocenters. The van der Waals surface area contributed by atoms with Crippen LogP contribution in [0.25, 0.3) is 0 Å². The molecule has 2 N–H and O–H groups in total. The van der Waals surface area contributed by atoms with Crippen LogP contribution >= 0.6 is 0 Å². The molecular formula is C25H30F3N3O5. The van der Waals surface area contributed by atoms with E-state index in [2.05, 4.69) is 5.32 Å². The Kier molecular flexibility index (Phi) is 10.7. The molecule has 1 aliphatic rings. The van der Waals surface area contributed by atoms with Crippen LogP contribution in [0.2, 0.25) is 0 Å². The largest absolute Gasteiger partial charge is 0.497 e. The molecule has 3 rings (SSSR count). The number of amides is 2. The number of benzene rings is 2. The van der Waals surface area contributed by atoms with E-state index in [0.717, 1.165) is 31.7 Å². The summed E-state index contributed by atoms with van der Waals surface area (Å²) in [5.41, 5.74) is 2.82. The van der Waals surface area contributed by atoms with Gasteiger partial charge in [-0.05, 0) is 36.8 Å². The first-order chi connectivity index (χ1) is 17.0. The summed E-state index contributed by atoms with van der Waals surface area (Å²) in [6.07, 6.45) is -4.76. The molecule has 2 aromatic carbocycles. The predicted octanol–water partition coefficient (Wildman–Crippen LogP) is 3.10. The number of aliphatic carboxylic acids is 1. The number of hydrogen-bond acceptors (Lipinski definition) is 5. The number of hydrogen-bond donors (Lipinski definition) is 2. The number of nitrogens with zero attached hydrogens (tertiary/aromatic N) is 2. The van der Waals surface area contributed by atoms with Crippen molar-refractivity contribution in [3.8, 4) is 5.75 Å². The molecule has 1 saturated heterocycles. The predicted molar refractivity (Wildman–Crippen MR) is 127 cm³/mol. The normalized spacial score (nSPS) is 13.3. The number of piperazine rings is 1. The van der Waals surface area contributed by atoms with E-state index in [9.17, 15) is 22.8 Å². The van der Waals surface area contributed by atoms with Crippen molar-refractivity contribution >= 4 is 17.8 Å². The lowest BCUT2D eigenvalue weighted by molar-refractivity contribution is -0.192. The van der Waals surface area contributed by atoms with Crippen LogP contribution in [0.1, 0.15) is 27.9 Å². The zero-order valence-electron chi connectivity index (χ0n) is 20.2. The van der Waals surface area contributed by atoms with Crippen molar-refractivity contribution in [2.75, 3.05) is 39.8 Å². The maximum atomic E-state index is 13.2. The van der Waals surface area contributed by atoms with Gasteiger partial charge >= 0.3 is 12.1 Å². The summed E-state index contributed by atoms with van der Waals surface area (Å²) >= 11 is 0. The van der Waals surface area contributed by atoms with Gasteiger partial charge in [0, 0.05) is 51.3 Å². The Morgan fingerprint density at radius 3 is 2.08 bits per heavy atom. The summed E-state index contributed by atoms with van der Waals surface area (Å²) in [7, 11) is 1.60. The lowest BCUT2D eigenvalue weighted by Gasteiger charge is -2.29. The maximum absolute atomic E-state index is 13.2. The number of nitrogens with one attached hydrogen (secondary N) is 1. The summed E-state index contributed by atoms with van der Waals surface area (Å²) in [6, 6.07) is 15.2. The van der Waals surface area contributed by atoms with Crippen molar-refractivity contribution < 1.29 is 37.4 Å². The number of aryl methyl sites for hydroxylation is 1. The number of carboxylic acids is 1. The minimum Gasteiger partial charge on any atom is -0.497 e. The molecule has 0 unspecified atom stereocenters. The van der Waals surface area contributed by atoms with Crippen LogP contribution in [-0.4, -0.2) is 78.7 Å². The SMILES string of the molecule is COc1ccc(C(=O)N(CCC(=O)N2CCNCC2)Cc2ccc(C)cc2)cc1.O=C(O)C(F)(F)F. The highest BCUT2D eigenvalue weighted by atomic mass is 19.4. The van der Waals surface area contributed by atoms with Crippen LogP contribution in [0.3, 0.4) is 0 Å². The summed E-state index contributed by atoms with van der Waals surface area (Å²) < 4.78 is 36.9. The average Bonchev–Trinajstić information content (AvgIpc) is 2.87. The smallest absolute Gasteiger partial charge is 0.490 e. The Balaban J connectivity index is 0.000000572. The number of alkyl halides is 3.